The second kappa shape index (κ2) is 5.75. The number of benzene rings is 1. The molecule has 0 aromatic heterocycles. The van der Waals surface area contributed by atoms with Gasteiger partial charge in [0, 0.05) is 18.2 Å². The highest BCUT2D eigenvalue weighted by Crippen LogP contribution is 2.24. The summed E-state index contributed by atoms with van der Waals surface area (Å²) in [7, 11) is 0. The minimum absolute atomic E-state index is 0.177. The number of hydrogen-bond donors (Lipinski definition) is 1. The zero-order chi connectivity index (χ0) is 15.7. The lowest BCUT2D eigenvalue weighted by molar-refractivity contribution is 0.0672. The fourth-order valence-electron chi connectivity index (χ4n) is 3.07. The summed E-state index contributed by atoms with van der Waals surface area (Å²) < 4.78 is 0. The van der Waals surface area contributed by atoms with Crippen molar-refractivity contribution in [2.24, 2.45) is 0 Å². The van der Waals surface area contributed by atoms with Gasteiger partial charge in [-0.1, -0.05) is 18.9 Å². The molecule has 3 rings (SSSR count). The van der Waals surface area contributed by atoms with Crippen LogP contribution in [0.25, 0.3) is 0 Å². The van der Waals surface area contributed by atoms with Gasteiger partial charge >= 0.3 is 0 Å². The molecule has 114 valence electrons. The Labute approximate surface area is 129 Å². The van der Waals surface area contributed by atoms with Crippen LogP contribution >= 0.6 is 0 Å². The van der Waals surface area contributed by atoms with Crippen molar-refractivity contribution in [2.45, 2.75) is 31.7 Å². The fourth-order valence-corrected chi connectivity index (χ4v) is 3.07. The molecule has 0 bridgehead atoms. The Morgan fingerprint density at radius 2 is 1.91 bits per heavy atom. The number of fused-ring (bicyclic) bond motifs is 1. The molecular weight excluding hydrogens is 280 g/mol. The molecule has 5 heteroatoms. The molecular formula is C17H18N2O3. The minimum Gasteiger partial charge on any atom is -0.349 e. The largest absolute Gasteiger partial charge is 0.349 e. The molecule has 3 amide bonds. The number of rotatable bonds is 4. The van der Waals surface area contributed by atoms with Crippen LogP contribution in [0, 0.1) is 0 Å². The van der Waals surface area contributed by atoms with Crippen molar-refractivity contribution < 1.29 is 14.4 Å². The first-order chi connectivity index (χ1) is 10.6. The van der Waals surface area contributed by atoms with Crippen molar-refractivity contribution in [1.82, 2.24) is 10.2 Å². The third-order valence-electron chi connectivity index (χ3n) is 4.23. The highest BCUT2D eigenvalue weighted by Gasteiger charge is 2.35. The lowest BCUT2D eigenvalue weighted by Crippen LogP contribution is -2.32. The van der Waals surface area contributed by atoms with Crippen LogP contribution < -0.4 is 5.32 Å². The molecule has 1 heterocycles. The van der Waals surface area contributed by atoms with Crippen molar-refractivity contribution in [3.63, 3.8) is 0 Å². The van der Waals surface area contributed by atoms with Crippen molar-refractivity contribution in [3.8, 4) is 0 Å². The monoisotopic (exact) mass is 298 g/mol. The van der Waals surface area contributed by atoms with Gasteiger partial charge < -0.3 is 5.32 Å². The first-order valence-corrected chi connectivity index (χ1v) is 7.54. The number of nitrogens with zero attached hydrogens (tertiary/aromatic N) is 1. The molecule has 1 saturated carbocycles. The lowest BCUT2D eigenvalue weighted by atomic mass is 10.0. The van der Waals surface area contributed by atoms with Gasteiger partial charge in [-0.2, -0.15) is 0 Å². The zero-order valence-electron chi connectivity index (χ0n) is 12.3. The van der Waals surface area contributed by atoms with Crippen LogP contribution in [0.4, 0.5) is 0 Å². The third-order valence-corrected chi connectivity index (χ3v) is 4.23. The number of imide groups is 1. The molecule has 1 fully saturated rings. The molecule has 1 N–H and O–H groups in total. The molecule has 1 aromatic carbocycles. The van der Waals surface area contributed by atoms with E-state index < -0.39 is 0 Å². The summed E-state index contributed by atoms with van der Waals surface area (Å²) in [6, 6.07) is 4.90. The highest BCUT2D eigenvalue weighted by atomic mass is 16.2. The molecule has 0 saturated heterocycles. The standard InChI is InChI=1S/C17H18N2O3/c1-2-9-19-16(21)13-8-7-11(10-14(13)17(19)22)15(20)18-12-5-3-4-6-12/h2,7-8,10,12H,1,3-6,9H2,(H,18,20). The summed E-state index contributed by atoms with van der Waals surface area (Å²) in [6.07, 6.45) is 5.79. The number of carbonyl (C=O) groups excluding carboxylic acids is 3. The van der Waals surface area contributed by atoms with Crippen LogP contribution in [0.2, 0.25) is 0 Å². The summed E-state index contributed by atoms with van der Waals surface area (Å²) in [5.41, 5.74) is 1.07. The Balaban J connectivity index is 1.83. The van der Waals surface area contributed by atoms with Gasteiger partial charge in [0.05, 0.1) is 11.1 Å². The van der Waals surface area contributed by atoms with Crippen molar-refractivity contribution in [1.29, 1.82) is 0 Å². The third kappa shape index (κ3) is 2.43. The molecule has 5 nitrogen and oxygen atoms in total. The van der Waals surface area contributed by atoms with Crippen molar-refractivity contribution in [3.05, 3.63) is 47.5 Å². The average Bonchev–Trinajstić information content (AvgIpc) is 3.10. The van der Waals surface area contributed by atoms with E-state index in [-0.39, 0.29) is 30.3 Å². The Hall–Kier alpha value is -2.43. The smallest absolute Gasteiger partial charge is 0.261 e. The quantitative estimate of drug-likeness (QED) is 0.684. The van der Waals surface area contributed by atoms with E-state index in [4.69, 9.17) is 0 Å². The predicted octanol–water partition coefficient (Wildman–Crippen LogP) is 2.14. The summed E-state index contributed by atoms with van der Waals surface area (Å²) in [5, 5.41) is 2.98. The lowest BCUT2D eigenvalue weighted by Gasteiger charge is -2.12. The van der Waals surface area contributed by atoms with Crippen LogP contribution in [0.5, 0.6) is 0 Å². The van der Waals surface area contributed by atoms with Crippen molar-refractivity contribution in [2.75, 3.05) is 6.54 Å². The Morgan fingerprint density at radius 1 is 1.23 bits per heavy atom. The predicted molar refractivity (Wildman–Crippen MR) is 81.7 cm³/mol. The summed E-state index contributed by atoms with van der Waals surface area (Å²) in [5.74, 6) is -0.879. The number of amides is 3. The second-order valence-corrected chi connectivity index (χ2v) is 5.72. The van der Waals surface area contributed by atoms with E-state index in [1.54, 1.807) is 12.1 Å². The van der Waals surface area contributed by atoms with Gasteiger partial charge in [-0.3, -0.25) is 19.3 Å². The zero-order valence-corrected chi connectivity index (χ0v) is 12.3. The van der Waals surface area contributed by atoms with E-state index in [0.717, 1.165) is 30.6 Å². The molecule has 1 aliphatic carbocycles. The van der Waals surface area contributed by atoms with Gasteiger partial charge in [0.1, 0.15) is 0 Å². The van der Waals surface area contributed by atoms with Gasteiger partial charge in [-0.15, -0.1) is 6.58 Å². The Morgan fingerprint density at radius 3 is 2.59 bits per heavy atom. The van der Waals surface area contributed by atoms with E-state index in [0.29, 0.717) is 16.7 Å². The van der Waals surface area contributed by atoms with Crippen LogP contribution in [-0.4, -0.2) is 35.2 Å². The molecule has 0 unspecified atom stereocenters. The van der Waals surface area contributed by atoms with Gasteiger partial charge in [0.2, 0.25) is 0 Å². The summed E-state index contributed by atoms with van der Waals surface area (Å²) >= 11 is 0. The molecule has 0 radical (unpaired) electrons. The molecule has 0 spiro atoms. The van der Waals surface area contributed by atoms with Crippen LogP contribution in [-0.2, 0) is 0 Å². The maximum absolute atomic E-state index is 12.3. The topological polar surface area (TPSA) is 66.5 Å². The van der Waals surface area contributed by atoms with Gasteiger partial charge in [0.15, 0.2) is 0 Å². The number of nitrogens with one attached hydrogen (secondary N) is 1. The second-order valence-electron chi connectivity index (χ2n) is 5.72. The SMILES string of the molecule is C=CCN1C(=O)c2ccc(C(=O)NC3CCCC3)cc2C1=O. The molecule has 22 heavy (non-hydrogen) atoms. The molecule has 0 atom stereocenters. The van der Waals surface area contributed by atoms with Crippen molar-refractivity contribution >= 4 is 17.7 Å². The minimum atomic E-state index is -0.365. The molecule has 1 aliphatic heterocycles. The van der Waals surface area contributed by atoms with Gasteiger partial charge in [0.25, 0.3) is 17.7 Å². The number of hydrogen-bond acceptors (Lipinski definition) is 3. The molecule has 2 aliphatic rings. The van der Waals surface area contributed by atoms with E-state index in [1.807, 2.05) is 0 Å². The first-order valence-electron chi connectivity index (χ1n) is 7.54. The van der Waals surface area contributed by atoms with Gasteiger partial charge in [-0.25, -0.2) is 0 Å². The van der Waals surface area contributed by atoms with E-state index in [1.165, 1.54) is 12.1 Å². The maximum atomic E-state index is 12.3. The van der Waals surface area contributed by atoms with Gasteiger partial charge in [-0.05, 0) is 31.0 Å². The van der Waals surface area contributed by atoms with E-state index in [9.17, 15) is 14.4 Å². The average molecular weight is 298 g/mol. The fraction of sp³-hybridized carbons (Fsp3) is 0.353. The maximum Gasteiger partial charge on any atom is 0.261 e. The highest BCUT2D eigenvalue weighted by molar-refractivity contribution is 6.22. The number of carbonyl (C=O) groups is 3. The van der Waals surface area contributed by atoms with E-state index >= 15 is 0 Å². The molecule has 1 aromatic rings. The first kappa shape index (κ1) is 14.5. The summed E-state index contributed by atoms with van der Waals surface area (Å²) in [4.78, 5) is 37.7. The van der Waals surface area contributed by atoms with E-state index in [2.05, 4.69) is 11.9 Å². The normalized spacial score (nSPS) is 17.7. The summed E-state index contributed by atoms with van der Waals surface area (Å²) in [6.45, 7) is 3.73. The Kier molecular flexibility index (Phi) is 3.79. The van der Waals surface area contributed by atoms with Crippen LogP contribution in [0.3, 0.4) is 0 Å². The Bertz CT molecular complexity index is 660. The van der Waals surface area contributed by atoms with Crippen LogP contribution in [0.15, 0.2) is 30.9 Å². The van der Waals surface area contributed by atoms with Crippen LogP contribution in [0.1, 0.15) is 56.8 Å².